The summed E-state index contributed by atoms with van der Waals surface area (Å²) in [5, 5.41) is 1.46. The van der Waals surface area contributed by atoms with Gasteiger partial charge < -0.3 is 4.90 Å². The van der Waals surface area contributed by atoms with Crippen LogP contribution in [-0.4, -0.2) is 30.3 Å². The average molecular weight is 212 g/mol. The molecule has 7 nitrogen and oxygen atoms in total. The fourth-order valence-corrected chi connectivity index (χ4v) is 1.57. The number of nitrogens with one attached hydrogen (secondary N) is 2. The van der Waals surface area contributed by atoms with E-state index in [-0.39, 0.29) is 0 Å². The number of nitrogens with zero attached hydrogens (tertiary/aromatic N) is 2. The fourth-order valence-electron chi connectivity index (χ4n) is 1.57. The molecule has 0 aromatic carbocycles. The van der Waals surface area contributed by atoms with Crippen LogP contribution >= 0.6 is 0 Å². The molecule has 0 aliphatic carbocycles. The molecule has 2 rings (SSSR count). The van der Waals surface area contributed by atoms with Crippen LogP contribution in [0.2, 0.25) is 0 Å². The number of rotatable bonds is 2. The quantitative estimate of drug-likeness (QED) is 0.672. The summed E-state index contributed by atoms with van der Waals surface area (Å²) in [6.07, 6.45) is 0. The molecule has 2 heterocycles. The molecule has 0 amide bonds. The van der Waals surface area contributed by atoms with Crippen molar-refractivity contribution in [1.82, 2.24) is 9.97 Å². The Morgan fingerprint density at radius 3 is 2.80 bits per heavy atom. The lowest BCUT2D eigenvalue weighted by Crippen LogP contribution is -2.30. The molecule has 0 radical (unpaired) electrons. The largest absolute Gasteiger partial charge is 0.339 e. The molecular weight excluding hydrogens is 200 g/mol. The van der Waals surface area contributed by atoms with Crippen molar-refractivity contribution in [1.29, 1.82) is 0 Å². The Morgan fingerprint density at radius 2 is 2.13 bits per heavy atom. The average Bonchev–Trinajstić information content (AvgIpc) is 2.44. The molecule has 0 saturated carbocycles. The third kappa shape index (κ3) is 1.50. The van der Waals surface area contributed by atoms with Gasteiger partial charge in [0.05, 0.1) is 6.61 Å². The van der Waals surface area contributed by atoms with E-state index in [0.717, 1.165) is 0 Å². The Bertz CT molecular complexity index is 478. The monoisotopic (exact) mass is 212 g/mol. The second kappa shape index (κ2) is 3.43. The van der Waals surface area contributed by atoms with E-state index in [1.165, 1.54) is 5.06 Å². The molecule has 0 fully saturated rings. The van der Waals surface area contributed by atoms with Crippen molar-refractivity contribution < 1.29 is 4.84 Å². The van der Waals surface area contributed by atoms with E-state index in [2.05, 4.69) is 9.97 Å². The van der Waals surface area contributed by atoms with Gasteiger partial charge in [0.1, 0.15) is 12.5 Å². The van der Waals surface area contributed by atoms with Crippen molar-refractivity contribution in [2.24, 2.45) is 0 Å². The highest BCUT2D eigenvalue weighted by Gasteiger charge is 2.28. The lowest BCUT2D eigenvalue weighted by atomic mass is 10.5. The number of hydrogen-bond acceptors (Lipinski definition) is 5. The van der Waals surface area contributed by atoms with E-state index in [9.17, 15) is 9.59 Å². The Morgan fingerprint density at radius 1 is 1.40 bits per heavy atom. The Balaban J connectivity index is 2.55. The molecule has 0 unspecified atom stereocenters. The maximum absolute atomic E-state index is 11.5. The second-order valence-corrected chi connectivity index (χ2v) is 3.24. The second-order valence-electron chi connectivity index (χ2n) is 3.24. The Labute approximate surface area is 85.2 Å². The summed E-state index contributed by atoms with van der Waals surface area (Å²) < 4.78 is 0. The number of H-pyrrole nitrogens is 2. The van der Waals surface area contributed by atoms with E-state index in [0.29, 0.717) is 24.8 Å². The van der Waals surface area contributed by atoms with E-state index < -0.39 is 11.2 Å². The van der Waals surface area contributed by atoms with Crippen LogP contribution in [0, 0.1) is 0 Å². The smallest absolute Gasteiger partial charge is 0.327 e. The first-order chi connectivity index (χ1) is 7.13. The summed E-state index contributed by atoms with van der Waals surface area (Å²) in [6, 6.07) is 0. The molecule has 1 aliphatic rings. The fraction of sp³-hybridized carbons (Fsp3) is 0.500. The molecule has 7 heteroatoms. The highest BCUT2D eigenvalue weighted by molar-refractivity contribution is 5.69. The van der Waals surface area contributed by atoms with Crippen molar-refractivity contribution in [3.63, 3.8) is 0 Å². The molecule has 2 N–H and O–H groups in total. The topological polar surface area (TPSA) is 81.4 Å². The molecule has 0 bridgehead atoms. The molecule has 15 heavy (non-hydrogen) atoms. The zero-order valence-corrected chi connectivity index (χ0v) is 8.53. The maximum atomic E-state index is 11.5. The first-order valence-corrected chi connectivity index (χ1v) is 4.61. The molecule has 1 aromatic rings. The van der Waals surface area contributed by atoms with Gasteiger partial charge >= 0.3 is 5.69 Å². The predicted octanol–water partition coefficient (Wildman–Crippen LogP) is -0.772. The normalized spacial score (nSPS) is 14.5. The minimum atomic E-state index is -0.510. The molecule has 1 aliphatic heterocycles. The van der Waals surface area contributed by atoms with Crippen LogP contribution in [0.3, 0.4) is 0 Å². The lowest BCUT2D eigenvalue weighted by molar-refractivity contribution is 0.125. The van der Waals surface area contributed by atoms with Gasteiger partial charge in [-0.3, -0.25) is 19.6 Å². The van der Waals surface area contributed by atoms with Crippen LogP contribution in [0.5, 0.6) is 0 Å². The van der Waals surface area contributed by atoms with Crippen molar-refractivity contribution in [3.05, 3.63) is 20.8 Å². The number of anilines is 2. The first-order valence-electron chi connectivity index (χ1n) is 4.61. The van der Waals surface area contributed by atoms with Crippen LogP contribution in [-0.2, 0) is 4.84 Å². The summed E-state index contributed by atoms with van der Waals surface area (Å²) in [5.74, 6) is 0.484. The van der Waals surface area contributed by atoms with Gasteiger partial charge in [-0.05, 0) is 6.92 Å². The Kier molecular flexibility index (Phi) is 2.24. The first kappa shape index (κ1) is 9.78. The highest BCUT2D eigenvalue weighted by Crippen LogP contribution is 2.27. The van der Waals surface area contributed by atoms with Crippen molar-refractivity contribution in [3.8, 4) is 0 Å². The van der Waals surface area contributed by atoms with Gasteiger partial charge in [-0.2, -0.15) is 0 Å². The zero-order chi connectivity index (χ0) is 11.0. The number of hydroxylamine groups is 1. The highest BCUT2D eigenvalue weighted by atomic mass is 16.7. The summed E-state index contributed by atoms with van der Waals surface area (Å²) >= 11 is 0. The number of hydrogen-bond donors (Lipinski definition) is 2. The third-order valence-electron chi connectivity index (χ3n) is 2.16. The van der Waals surface area contributed by atoms with Crippen molar-refractivity contribution in [2.75, 3.05) is 30.3 Å². The van der Waals surface area contributed by atoms with Crippen LogP contribution < -0.4 is 21.2 Å². The molecule has 0 spiro atoms. The molecule has 0 atom stereocenters. The van der Waals surface area contributed by atoms with Gasteiger partial charge in [0.25, 0.3) is 5.56 Å². The van der Waals surface area contributed by atoms with E-state index in [4.69, 9.17) is 4.84 Å². The van der Waals surface area contributed by atoms with Crippen LogP contribution in [0.1, 0.15) is 6.92 Å². The number of fused-ring (bicyclic) bond motifs is 1. The Hall–Kier alpha value is -1.76. The van der Waals surface area contributed by atoms with Gasteiger partial charge in [0.2, 0.25) is 0 Å². The van der Waals surface area contributed by atoms with E-state index in [1.54, 1.807) is 11.9 Å². The van der Waals surface area contributed by atoms with Gasteiger partial charge in [-0.15, -0.1) is 0 Å². The van der Waals surface area contributed by atoms with E-state index in [1.807, 2.05) is 6.92 Å². The molecular formula is C8H12N4O3. The molecule has 0 saturated heterocycles. The minimum absolute atomic E-state index is 0.346. The predicted molar refractivity (Wildman–Crippen MR) is 55.1 cm³/mol. The summed E-state index contributed by atoms with van der Waals surface area (Å²) in [5.41, 5.74) is -0.602. The maximum Gasteiger partial charge on any atom is 0.327 e. The third-order valence-corrected chi connectivity index (χ3v) is 2.16. The lowest BCUT2D eigenvalue weighted by Gasteiger charge is -2.15. The van der Waals surface area contributed by atoms with Crippen LogP contribution in [0.25, 0.3) is 0 Å². The number of aromatic nitrogens is 2. The van der Waals surface area contributed by atoms with Gasteiger partial charge in [-0.25, -0.2) is 9.86 Å². The van der Waals surface area contributed by atoms with Crippen molar-refractivity contribution in [2.45, 2.75) is 6.92 Å². The molecule has 1 aromatic heterocycles. The zero-order valence-electron chi connectivity index (χ0n) is 8.53. The van der Waals surface area contributed by atoms with E-state index >= 15 is 0 Å². The van der Waals surface area contributed by atoms with Gasteiger partial charge in [0.15, 0.2) is 5.69 Å². The van der Waals surface area contributed by atoms with Gasteiger partial charge in [-0.1, -0.05) is 0 Å². The summed E-state index contributed by atoms with van der Waals surface area (Å²) in [6.45, 7) is 2.72. The van der Waals surface area contributed by atoms with Crippen LogP contribution in [0.4, 0.5) is 11.5 Å². The number of aromatic amines is 2. The summed E-state index contributed by atoms with van der Waals surface area (Å²) in [4.78, 5) is 34.3. The van der Waals surface area contributed by atoms with Crippen LogP contribution in [0.15, 0.2) is 9.59 Å². The minimum Gasteiger partial charge on any atom is -0.339 e. The summed E-state index contributed by atoms with van der Waals surface area (Å²) in [7, 11) is 1.77. The van der Waals surface area contributed by atoms with Crippen molar-refractivity contribution >= 4 is 11.5 Å². The SMILES string of the molecule is CCON1CN(C)c2[nH]c(=O)[nH]c(=O)c21. The molecule has 82 valence electrons. The van der Waals surface area contributed by atoms with Gasteiger partial charge in [0, 0.05) is 7.05 Å². The standard InChI is InChI=1S/C8H12N4O3/c1-3-15-12-4-11(2)6-5(12)7(13)10-8(14)9-6/h3-4H2,1-2H3,(H2,9,10,13,14).